The van der Waals surface area contributed by atoms with E-state index in [9.17, 15) is 30.7 Å². The molecule has 0 aromatic heterocycles. The molecule has 1 atom stereocenters. The van der Waals surface area contributed by atoms with Crippen molar-refractivity contribution in [2.24, 2.45) is 11.0 Å². The highest BCUT2D eigenvalue weighted by molar-refractivity contribution is 7.86. The monoisotopic (exact) mass is 467 g/mol. The van der Waals surface area contributed by atoms with Gasteiger partial charge in [-0.25, -0.2) is 0 Å². The predicted molar refractivity (Wildman–Crippen MR) is 115 cm³/mol. The molecular formula is C19H21N3O7S2. The Morgan fingerprint density at radius 1 is 1.00 bits per heavy atom. The fourth-order valence-corrected chi connectivity index (χ4v) is 4.49. The van der Waals surface area contributed by atoms with Gasteiger partial charge in [0.05, 0.1) is 16.5 Å². The predicted octanol–water partition coefficient (Wildman–Crippen LogP) is 1.83. The molecule has 2 aromatic carbocycles. The number of rotatable bonds is 6. The molecule has 2 N–H and O–H groups in total. The lowest BCUT2D eigenvalue weighted by atomic mass is 9.95. The third kappa shape index (κ3) is 4.77. The van der Waals surface area contributed by atoms with Crippen molar-refractivity contribution in [1.29, 1.82) is 0 Å². The minimum Gasteiger partial charge on any atom is -0.378 e. The Labute approximate surface area is 180 Å². The van der Waals surface area contributed by atoms with E-state index in [1.807, 2.05) is 43.3 Å². The first-order valence-corrected chi connectivity index (χ1v) is 11.9. The number of hydrogen-bond donors (Lipinski definition) is 2. The summed E-state index contributed by atoms with van der Waals surface area (Å²) >= 11 is 0. The number of hydrogen-bond acceptors (Lipinski definition) is 7. The van der Waals surface area contributed by atoms with E-state index in [-0.39, 0.29) is 5.69 Å². The van der Waals surface area contributed by atoms with Crippen LogP contribution in [0.2, 0.25) is 0 Å². The van der Waals surface area contributed by atoms with E-state index >= 15 is 0 Å². The summed E-state index contributed by atoms with van der Waals surface area (Å²) < 4.78 is 65.1. The fourth-order valence-electron chi connectivity index (χ4n) is 3.21. The summed E-state index contributed by atoms with van der Waals surface area (Å²) in [5, 5.41) is 4.96. The number of benzene rings is 2. The lowest BCUT2D eigenvalue weighted by Crippen LogP contribution is -2.29. The molecule has 1 amide bonds. The van der Waals surface area contributed by atoms with Crippen LogP contribution in [0.4, 0.5) is 11.4 Å². The molecule has 3 rings (SSSR count). The van der Waals surface area contributed by atoms with E-state index in [0.717, 1.165) is 28.4 Å². The fraction of sp³-hybridized carbons (Fsp3) is 0.263. The molecule has 12 heteroatoms. The van der Waals surface area contributed by atoms with Gasteiger partial charge in [0.15, 0.2) is 0 Å². The van der Waals surface area contributed by atoms with Gasteiger partial charge in [0.1, 0.15) is 4.90 Å². The number of anilines is 2. The zero-order chi connectivity index (χ0) is 23.1. The Hall–Kier alpha value is -2.80. The van der Waals surface area contributed by atoms with Gasteiger partial charge in [-0.1, -0.05) is 12.1 Å². The Balaban J connectivity index is 1.96. The Morgan fingerprint density at radius 3 is 2.13 bits per heavy atom. The molecular weight excluding hydrogens is 446 g/mol. The summed E-state index contributed by atoms with van der Waals surface area (Å²) in [6.07, 6.45) is 0.322. The van der Waals surface area contributed by atoms with Gasteiger partial charge in [-0.15, -0.1) is 0 Å². The van der Waals surface area contributed by atoms with Crippen LogP contribution >= 0.6 is 0 Å². The number of carbonyl (C=O) groups excluding carboxylic acids is 1. The first-order chi connectivity index (χ1) is 14.3. The second-order valence-electron chi connectivity index (χ2n) is 7.29. The van der Waals surface area contributed by atoms with Crippen molar-refractivity contribution < 1.29 is 30.7 Å². The first-order valence-electron chi connectivity index (χ1n) is 9.03. The molecule has 0 spiro atoms. The summed E-state index contributed by atoms with van der Waals surface area (Å²) in [7, 11) is -5.84. The molecule has 0 saturated carbocycles. The van der Waals surface area contributed by atoms with E-state index in [4.69, 9.17) is 0 Å². The van der Waals surface area contributed by atoms with Crippen LogP contribution in [0.25, 0.3) is 0 Å². The minimum absolute atomic E-state index is 0.315. The van der Waals surface area contributed by atoms with Crippen molar-refractivity contribution in [2.75, 3.05) is 24.0 Å². The maximum absolute atomic E-state index is 13.0. The summed E-state index contributed by atoms with van der Waals surface area (Å²) in [5.41, 5.74) is 1.98. The Bertz CT molecular complexity index is 1270. The molecule has 1 unspecified atom stereocenters. The van der Waals surface area contributed by atoms with Gasteiger partial charge in [0.25, 0.3) is 26.1 Å². The molecule has 1 aliphatic heterocycles. The topological polar surface area (TPSA) is 145 Å². The number of hydrazone groups is 1. The van der Waals surface area contributed by atoms with Gasteiger partial charge in [-0.3, -0.25) is 13.9 Å². The number of amides is 1. The third-order valence-electron chi connectivity index (χ3n) is 4.90. The standard InChI is InChI=1S/C19H21N3O7S2/c1-12-16(10-13-4-6-14(7-5-13)21(2)3)19(23)22(20-12)17-9-8-15(30(24,25)26)11-18(17)31(27,28)29/h4-9,11,16H,10H2,1-3H3,(H,24,25,26)(H,27,28,29). The molecule has 2 aromatic rings. The zero-order valence-corrected chi connectivity index (χ0v) is 18.6. The number of carbonyl (C=O) groups is 1. The maximum Gasteiger partial charge on any atom is 0.296 e. The summed E-state index contributed by atoms with van der Waals surface area (Å²) in [5.74, 6) is -1.20. The molecule has 0 aliphatic carbocycles. The highest BCUT2D eigenvalue weighted by Crippen LogP contribution is 2.33. The smallest absolute Gasteiger partial charge is 0.296 e. The highest BCUT2D eigenvalue weighted by atomic mass is 32.2. The first kappa shape index (κ1) is 22.9. The maximum atomic E-state index is 13.0. The molecule has 10 nitrogen and oxygen atoms in total. The minimum atomic E-state index is -4.93. The van der Waals surface area contributed by atoms with E-state index < -0.39 is 41.9 Å². The largest absolute Gasteiger partial charge is 0.378 e. The van der Waals surface area contributed by atoms with Crippen molar-refractivity contribution >= 4 is 43.2 Å². The molecule has 31 heavy (non-hydrogen) atoms. The van der Waals surface area contributed by atoms with Crippen LogP contribution in [-0.4, -0.2) is 51.7 Å². The quantitative estimate of drug-likeness (QED) is 0.612. The van der Waals surface area contributed by atoms with E-state index in [1.54, 1.807) is 6.92 Å². The van der Waals surface area contributed by atoms with Gasteiger partial charge < -0.3 is 4.90 Å². The molecule has 1 heterocycles. The number of nitrogens with zero attached hydrogens (tertiary/aromatic N) is 3. The van der Waals surface area contributed by atoms with Crippen LogP contribution in [0.5, 0.6) is 0 Å². The van der Waals surface area contributed by atoms with Gasteiger partial charge in [-0.2, -0.15) is 26.9 Å². The van der Waals surface area contributed by atoms with Crippen molar-refractivity contribution in [2.45, 2.75) is 23.1 Å². The molecule has 0 radical (unpaired) electrons. The van der Waals surface area contributed by atoms with Crippen molar-refractivity contribution in [3.63, 3.8) is 0 Å². The second kappa shape index (κ2) is 8.04. The SMILES string of the molecule is CC1=NN(c2ccc(S(=O)(=O)O)cc2S(=O)(=O)O)C(=O)C1Cc1ccc(N(C)C)cc1. The van der Waals surface area contributed by atoms with Crippen LogP contribution in [-0.2, 0) is 31.5 Å². The van der Waals surface area contributed by atoms with Crippen LogP contribution < -0.4 is 9.91 Å². The summed E-state index contributed by atoms with van der Waals surface area (Å²) in [6.45, 7) is 1.62. The molecule has 166 valence electrons. The summed E-state index contributed by atoms with van der Waals surface area (Å²) in [6, 6.07) is 10.1. The third-order valence-corrected chi connectivity index (χ3v) is 6.63. The average Bonchev–Trinajstić information content (AvgIpc) is 2.94. The van der Waals surface area contributed by atoms with Gasteiger partial charge in [0, 0.05) is 25.5 Å². The van der Waals surface area contributed by atoms with Crippen LogP contribution in [0.3, 0.4) is 0 Å². The Kier molecular flexibility index (Phi) is 5.93. The van der Waals surface area contributed by atoms with Crippen molar-refractivity contribution in [3.8, 4) is 0 Å². The lowest BCUT2D eigenvalue weighted by molar-refractivity contribution is -0.119. The van der Waals surface area contributed by atoms with E-state index in [1.165, 1.54) is 0 Å². The average molecular weight is 468 g/mol. The van der Waals surface area contributed by atoms with Crippen molar-refractivity contribution in [3.05, 3.63) is 48.0 Å². The zero-order valence-electron chi connectivity index (χ0n) is 16.9. The second-order valence-corrected chi connectivity index (χ2v) is 10.1. The van der Waals surface area contributed by atoms with Gasteiger partial charge in [0.2, 0.25) is 0 Å². The highest BCUT2D eigenvalue weighted by Gasteiger charge is 2.37. The van der Waals surface area contributed by atoms with Gasteiger partial charge >= 0.3 is 0 Å². The molecule has 0 bridgehead atoms. The van der Waals surface area contributed by atoms with Crippen LogP contribution in [0.1, 0.15) is 12.5 Å². The van der Waals surface area contributed by atoms with E-state index in [2.05, 4.69) is 5.10 Å². The normalized spacial score (nSPS) is 17.1. The molecule has 0 fully saturated rings. The molecule has 0 saturated heterocycles. The van der Waals surface area contributed by atoms with E-state index in [0.29, 0.717) is 18.2 Å². The van der Waals surface area contributed by atoms with Gasteiger partial charge in [-0.05, 0) is 49.2 Å². The lowest BCUT2D eigenvalue weighted by Gasteiger charge is -2.18. The summed E-state index contributed by atoms with van der Waals surface area (Å²) in [4.78, 5) is 13.4. The molecule has 1 aliphatic rings. The Morgan fingerprint density at radius 2 is 1.61 bits per heavy atom. The van der Waals surface area contributed by atoms with Crippen LogP contribution in [0.15, 0.2) is 57.4 Å². The van der Waals surface area contributed by atoms with Crippen LogP contribution in [0, 0.1) is 5.92 Å². The van der Waals surface area contributed by atoms with Crippen molar-refractivity contribution in [1.82, 2.24) is 0 Å².